The summed E-state index contributed by atoms with van der Waals surface area (Å²) in [5.74, 6) is 0. The third kappa shape index (κ3) is 4.78. The number of ether oxygens (including phenoxy) is 2. The van der Waals surface area contributed by atoms with E-state index in [-0.39, 0.29) is 0 Å². The fraction of sp³-hybridized carbons (Fsp3) is 1.00. The van der Waals surface area contributed by atoms with Gasteiger partial charge in [-0.2, -0.15) is 0 Å². The van der Waals surface area contributed by atoms with Crippen LogP contribution in [0.2, 0.25) is 0 Å². The average molecular weight is 344 g/mol. The second-order valence-electron chi connectivity index (χ2n) is 5.29. The predicted molar refractivity (Wildman–Crippen MR) is 70.8 cm³/mol. The summed E-state index contributed by atoms with van der Waals surface area (Å²) in [6, 6.07) is 0. The van der Waals surface area contributed by atoms with Crippen LogP contribution < -0.4 is 0 Å². The molecule has 1 rings (SSSR count). The average Bonchev–Trinajstić information content (AvgIpc) is 2.57. The van der Waals surface area contributed by atoms with Crippen LogP contribution in [-0.4, -0.2) is 121 Å². The third-order valence-corrected chi connectivity index (χ3v) is 3.62. The molecule has 9 atom stereocenters. The number of aliphatic hydroxyl groups excluding tert-OH is 9. The Morgan fingerprint density at radius 2 is 1.39 bits per heavy atom. The van der Waals surface area contributed by atoms with Crippen LogP contribution in [-0.2, 0) is 9.47 Å². The van der Waals surface area contributed by atoms with E-state index >= 15 is 0 Å². The first-order chi connectivity index (χ1) is 10.8. The number of hydrogen-bond donors (Lipinski definition) is 9. The van der Waals surface area contributed by atoms with Crippen LogP contribution in [0.3, 0.4) is 0 Å². The van der Waals surface area contributed by atoms with Gasteiger partial charge >= 0.3 is 0 Å². The minimum atomic E-state index is -1.85. The molecule has 0 aromatic heterocycles. The summed E-state index contributed by atoms with van der Waals surface area (Å²) in [5, 5.41) is 84.9. The monoisotopic (exact) mass is 344 g/mol. The maximum absolute atomic E-state index is 9.83. The lowest BCUT2D eigenvalue weighted by molar-refractivity contribution is -0.327. The Morgan fingerprint density at radius 1 is 0.826 bits per heavy atom. The first-order valence-corrected chi connectivity index (χ1v) is 7.00. The zero-order valence-corrected chi connectivity index (χ0v) is 12.2. The van der Waals surface area contributed by atoms with Crippen molar-refractivity contribution in [1.82, 2.24) is 0 Å². The van der Waals surface area contributed by atoms with Crippen LogP contribution in [0.25, 0.3) is 0 Å². The van der Waals surface area contributed by atoms with Crippen LogP contribution in [0.15, 0.2) is 0 Å². The Kier molecular flexibility index (Phi) is 8.20. The van der Waals surface area contributed by atoms with Gasteiger partial charge in [0.2, 0.25) is 0 Å². The van der Waals surface area contributed by atoms with Gasteiger partial charge < -0.3 is 55.4 Å². The van der Waals surface area contributed by atoms with Gasteiger partial charge in [0.15, 0.2) is 6.29 Å². The maximum Gasteiger partial charge on any atom is 0.187 e. The van der Waals surface area contributed by atoms with Gasteiger partial charge in [-0.15, -0.1) is 0 Å². The highest BCUT2D eigenvalue weighted by atomic mass is 16.7. The molecular weight excluding hydrogens is 320 g/mol. The Balaban J connectivity index is 2.89. The zero-order chi connectivity index (χ0) is 17.7. The Labute approximate surface area is 131 Å². The normalized spacial score (nSPS) is 37.2. The molecule has 0 spiro atoms. The van der Waals surface area contributed by atoms with Gasteiger partial charge in [-0.25, -0.2) is 0 Å². The van der Waals surface area contributed by atoms with E-state index in [1.165, 1.54) is 0 Å². The molecule has 1 aliphatic heterocycles. The van der Waals surface area contributed by atoms with E-state index < -0.39 is 74.9 Å². The molecular formula is C12H24O11. The van der Waals surface area contributed by atoms with E-state index in [9.17, 15) is 30.6 Å². The molecule has 11 nitrogen and oxygen atoms in total. The smallest absolute Gasteiger partial charge is 0.187 e. The number of rotatable bonds is 8. The Bertz CT molecular complexity index is 341. The summed E-state index contributed by atoms with van der Waals surface area (Å²) < 4.78 is 10.1. The highest BCUT2D eigenvalue weighted by molar-refractivity contribution is 4.91. The zero-order valence-electron chi connectivity index (χ0n) is 12.2. The minimum Gasteiger partial charge on any atom is -0.394 e. The molecule has 0 amide bonds. The van der Waals surface area contributed by atoms with E-state index in [1.54, 1.807) is 0 Å². The largest absolute Gasteiger partial charge is 0.394 e. The molecule has 1 heterocycles. The number of hydrogen-bond acceptors (Lipinski definition) is 11. The van der Waals surface area contributed by atoms with Gasteiger partial charge in [-0.1, -0.05) is 0 Å². The van der Waals surface area contributed by atoms with Crippen molar-refractivity contribution in [3.05, 3.63) is 0 Å². The van der Waals surface area contributed by atoms with Gasteiger partial charge in [0.05, 0.1) is 19.8 Å². The molecule has 0 aromatic rings. The molecule has 0 bridgehead atoms. The van der Waals surface area contributed by atoms with Gasteiger partial charge in [0, 0.05) is 0 Å². The fourth-order valence-electron chi connectivity index (χ4n) is 2.16. The molecule has 0 saturated carbocycles. The summed E-state index contributed by atoms with van der Waals surface area (Å²) in [4.78, 5) is 0. The summed E-state index contributed by atoms with van der Waals surface area (Å²) in [7, 11) is 0. The highest BCUT2D eigenvalue weighted by Crippen LogP contribution is 2.24. The molecule has 0 radical (unpaired) electrons. The summed E-state index contributed by atoms with van der Waals surface area (Å²) in [6.45, 7) is -2.45. The Morgan fingerprint density at radius 3 is 1.87 bits per heavy atom. The first kappa shape index (κ1) is 20.6. The van der Waals surface area contributed by atoms with Gasteiger partial charge in [0.25, 0.3) is 0 Å². The molecule has 1 fully saturated rings. The SMILES string of the molecule is OC[C@H](O)C(O[C@@H]1O[C@H](CO)[C@H](O)[C@H](O)[C@H]1O)[C@H](O)[C@@H](O)CO. The fourth-order valence-corrected chi connectivity index (χ4v) is 2.16. The van der Waals surface area contributed by atoms with Crippen molar-refractivity contribution in [2.45, 2.75) is 55.1 Å². The summed E-state index contributed by atoms with van der Waals surface area (Å²) >= 11 is 0. The van der Waals surface area contributed by atoms with E-state index in [2.05, 4.69) is 0 Å². The lowest BCUT2D eigenvalue weighted by atomic mass is 9.98. The lowest BCUT2D eigenvalue weighted by Gasteiger charge is -2.42. The quantitative estimate of drug-likeness (QED) is 0.203. The van der Waals surface area contributed by atoms with Crippen LogP contribution in [0.4, 0.5) is 0 Å². The summed E-state index contributed by atoms with van der Waals surface area (Å²) in [6.07, 6.45) is -15.1. The van der Waals surface area contributed by atoms with Crippen LogP contribution in [0.5, 0.6) is 0 Å². The molecule has 1 saturated heterocycles. The van der Waals surface area contributed by atoms with E-state index in [0.717, 1.165) is 0 Å². The van der Waals surface area contributed by atoms with E-state index in [0.29, 0.717) is 0 Å². The van der Waals surface area contributed by atoms with Gasteiger partial charge in [-0.3, -0.25) is 0 Å². The molecule has 11 heteroatoms. The van der Waals surface area contributed by atoms with E-state index in [1.807, 2.05) is 0 Å². The molecule has 0 aliphatic carbocycles. The number of aliphatic hydroxyl groups is 9. The topological polar surface area (TPSA) is 201 Å². The molecule has 0 aromatic carbocycles. The molecule has 138 valence electrons. The van der Waals surface area contributed by atoms with Crippen molar-refractivity contribution in [2.75, 3.05) is 19.8 Å². The van der Waals surface area contributed by atoms with Crippen molar-refractivity contribution in [2.24, 2.45) is 0 Å². The lowest BCUT2D eigenvalue weighted by Crippen LogP contribution is -2.61. The first-order valence-electron chi connectivity index (χ1n) is 7.00. The van der Waals surface area contributed by atoms with Crippen molar-refractivity contribution < 1.29 is 55.4 Å². The standard InChI is InChI=1S/C12H24O11/c13-1-4(16)7(18)11(5(17)2-14)23-12-10(21)9(20)8(19)6(3-15)22-12/h4-21H,1-3H2/t4-,5-,6+,7+,8-,9-,10+,11?,12-/m0/s1. The molecule has 1 unspecified atom stereocenters. The second-order valence-corrected chi connectivity index (χ2v) is 5.29. The highest BCUT2D eigenvalue weighted by Gasteiger charge is 2.46. The van der Waals surface area contributed by atoms with Crippen molar-refractivity contribution in [3.8, 4) is 0 Å². The van der Waals surface area contributed by atoms with Crippen molar-refractivity contribution in [1.29, 1.82) is 0 Å². The van der Waals surface area contributed by atoms with Gasteiger partial charge in [-0.05, 0) is 0 Å². The van der Waals surface area contributed by atoms with Gasteiger partial charge in [0.1, 0.15) is 48.8 Å². The van der Waals surface area contributed by atoms with Crippen molar-refractivity contribution >= 4 is 0 Å². The van der Waals surface area contributed by atoms with Crippen LogP contribution in [0, 0.1) is 0 Å². The summed E-state index contributed by atoms with van der Waals surface area (Å²) in [5.41, 5.74) is 0. The Hall–Kier alpha value is -0.440. The molecule has 23 heavy (non-hydrogen) atoms. The van der Waals surface area contributed by atoms with E-state index in [4.69, 9.17) is 24.8 Å². The molecule has 1 aliphatic rings. The second kappa shape index (κ2) is 9.15. The van der Waals surface area contributed by atoms with Crippen LogP contribution >= 0.6 is 0 Å². The molecule has 9 N–H and O–H groups in total. The van der Waals surface area contributed by atoms with Crippen molar-refractivity contribution in [3.63, 3.8) is 0 Å². The maximum atomic E-state index is 9.83. The third-order valence-electron chi connectivity index (χ3n) is 3.62. The van der Waals surface area contributed by atoms with Crippen LogP contribution in [0.1, 0.15) is 0 Å². The minimum absolute atomic E-state index is 0.708. The predicted octanol–water partition coefficient (Wildman–Crippen LogP) is -5.76.